The van der Waals surface area contributed by atoms with Gasteiger partial charge in [-0.25, -0.2) is 4.98 Å². The van der Waals surface area contributed by atoms with Crippen LogP contribution < -0.4 is 10.2 Å². The van der Waals surface area contributed by atoms with E-state index in [1.54, 1.807) is 0 Å². The molecule has 0 atom stereocenters. The lowest BCUT2D eigenvalue weighted by molar-refractivity contribution is 0.720. The number of aromatic nitrogens is 2. The van der Waals surface area contributed by atoms with Crippen molar-refractivity contribution in [1.82, 2.24) is 9.97 Å². The Labute approximate surface area is 154 Å². The lowest BCUT2D eigenvalue weighted by atomic mass is 10.00. The third-order valence-corrected chi connectivity index (χ3v) is 5.01. The Morgan fingerprint density at radius 3 is 2.46 bits per heavy atom. The summed E-state index contributed by atoms with van der Waals surface area (Å²) in [4.78, 5) is 11.5. The average molecular weight is 344 g/mol. The maximum atomic E-state index is 4.77. The van der Waals surface area contributed by atoms with Crippen molar-refractivity contribution in [2.24, 2.45) is 0 Å². The summed E-state index contributed by atoms with van der Waals surface area (Å²) in [6, 6.07) is 15.0. The minimum atomic E-state index is 0.649. The van der Waals surface area contributed by atoms with E-state index in [0.717, 1.165) is 31.0 Å². The molecule has 4 nitrogen and oxygen atoms in total. The number of nitrogens with one attached hydrogen (secondary N) is 1. The Morgan fingerprint density at radius 1 is 0.962 bits per heavy atom. The number of rotatable bonds is 3. The van der Waals surface area contributed by atoms with Crippen LogP contribution in [0.1, 0.15) is 27.8 Å². The lowest BCUT2D eigenvalue weighted by Crippen LogP contribution is -2.31. The molecule has 0 spiro atoms. The Bertz CT molecular complexity index is 925. The smallest absolute Gasteiger partial charge is 0.229 e. The number of anilines is 3. The normalized spacial score (nSPS) is 13.4. The van der Waals surface area contributed by atoms with Gasteiger partial charge < -0.3 is 10.2 Å². The first kappa shape index (κ1) is 16.6. The number of fused-ring (bicyclic) bond motifs is 1. The predicted molar refractivity (Wildman–Crippen MR) is 107 cm³/mol. The minimum Gasteiger partial charge on any atom is -0.352 e. The summed E-state index contributed by atoms with van der Waals surface area (Å²) in [7, 11) is 0. The predicted octanol–water partition coefficient (Wildman–Crippen LogP) is 4.71. The molecule has 0 unspecified atom stereocenters. The third-order valence-electron chi connectivity index (χ3n) is 5.01. The first-order valence-electron chi connectivity index (χ1n) is 9.10. The summed E-state index contributed by atoms with van der Waals surface area (Å²) in [5, 5.41) is 3.42. The molecule has 132 valence electrons. The fraction of sp³-hybridized carbons (Fsp3) is 0.273. The van der Waals surface area contributed by atoms with Crippen LogP contribution in [-0.2, 0) is 13.0 Å². The second-order valence-electron chi connectivity index (χ2n) is 7.08. The average Bonchev–Trinajstić information content (AvgIpc) is 2.64. The summed E-state index contributed by atoms with van der Waals surface area (Å²) in [6.45, 7) is 8.24. The molecule has 4 rings (SSSR count). The topological polar surface area (TPSA) is 41.1 Å². The molecular formula is C22H24N4. The zero-order valence-corrected chi connectivity index (χ0v) is 15.6. The van der Waals surface area contributed by atoms with Crippen molar-refractivity contribution >= 4 is 17.5 Å². The SMILES string of the molecule is Cc1cc(C)c(Nc2nccc(N3CCc4ccccc4C3)n2)c(C)c1. The summed E-state index contributed by atoms with van der Waals surface area (Å²) in [6.07, 6.45) is 2.89. The van der Waals surface area contributed by atoms with Crippen LogP contribution >= 0.6 is 0 Å². The molecule has 2 aromatic carbocycles. The van der Waals surface area contributed by atoms with Crippen molar-refractivity contribution in [3.8, 4) is 0 Å². The quantitative estimate of drug-likeness (QED) is 0.747. The molecule has 0 saturated heterocycles. The molecule has 4 heteroatoms. The Morgan fingerprint density at radius 2 is 1.69 bits per heavy atom. The van der Waals surface area contributed by atoms with Crippen molar-refractivity contribution in [3.05, 3.63) is 76.5 Å². The summed E-state index contributed by atoms with van der Waals surface area (Å²) in [5.41, 5.74) is 7.62. The third kappa shape index (κ3) is 3.27. The van der Waals surface area contributed by atoms with E-state index in [2.05, 4.69) is 72.4 Å². The van der Waals surface area contributed by atoms with Crippen LogP contribution in [0.15, 0.2) is 48.7 Å². The monoisotopic (exact) mass is 344 g/mol. The van der Waals surface area contributed by atoms with Crippen LogP contribution in [0.3, 0.4) is 0 Å². The van der Waals surface area contributed by atoms with E-state index < -0.39 is 0 Å². The Kier molecular flexibility index (Phi) is 4.33. The van der Waals surface area contributed by atoms with Gasteiger partial charge in [0.25, 0.3) is 0 Å². The number of nitrogens with zero attached hydrogens (tertiary/aromatic N) is 3. The van der Waals surface area contributed by atoms with Crippen LogP contribution in [0.25, 0.3) is 0 Å². The van der Waals surface area contributed by atoms with Gasteiger partial charge in [0.2, 0.25) is 5.95 Å². The molecule has 1 aliphatic rings. The second kappa shape index (κ2) is 6.79. The van der Waals surface area contributed by atoms with E-state index in [-0.39, 0.29) is 0 Å². The molecule has 0 bridgehead atoms. The van der Waals surface area contributed by atoms with Gasteiger partial charge in [-0.05, 0) is 55.5 Å². The van der Waals surface area contributed by atoms with Crippen LogP contribution in [0.5, 0.6) is 0 Å². The van der Waals surface area contributed by atoms with Crippen LogP contribution in [0.2, 0.25) is 0 Å². The minimum absolute atomic E-state index is 0.649. The number of hydrogen-bond acceptors (Lipinski definition) is 4. The maximum absolute atomic E-state index is 4.77. The standard InChI is InChI=1S/C22H24N4/c1-15-12-16(2)21(17(3)13-15)25-22-23-10-8-20(24-22)26-11-9-18-6-4-5-7-19(18)14-26/h4-8,10,12-13H,9,11,14H2,1-3H3,(H,23,24,25). The highest BCUT2D eigenvalue weighted by atomic mass is 15.2. The summed E-state index contributed by atoms with van der Waals surface area (Å²) >= 11 is 0. The van der Waals surface area contributed by atoms with Gasteiger partial charge in [-0.1, -0.05) is 42.0 Å². The molecule has 1 aromatic heterocycles. The first-order valence-corrected chi connectivity index (χ1v) is 9.10. The summed E-state index contributed by atoms with van der Waals surface area (Å²) in [5.74, 6) is 1.62. The number of benzene rings is 2. The molecule has 3 aromatic rings. The molecule has 0 saturated carbocycles. The van der Waals surface area contributed by atoms with E-state index in [4.69, 9.17) is 4.98 Å². The van der Waals surface area contributed by atoms with E-state index in [0.29, 0.717) is 5.95 Å². The van der Waals surface area contributed by atoms with Gasteiger partial charge in [-0.2, -0.15) is 4.98 Å². The zero-order chi connectivity index (χ0) is 18.1. The van der Waals surface area contributed by atoms with Gasteiger partial charge in [-0.15, -0.1) is 0 Å². The lowest BCUT2D eigenvalue weighted by Gasteiger charge is -2.29. The Hall–Kier alpha value is -2.88. The maximum Gasteiger partial charge on any atom is 0.229 e. The van der Waals surface area contributed by atoms with Crippen LogP contribution in [0.4, 0.5) is 17.5 Å². The van der Waals surface area contributed by atoms with E-state index in [9.17, 15) is 0 Å². The largest absolute Gasteiger partial charge is 0.352 e. The van der Waals surface area contributed by atoms with Crippen molar-refractivity contribution in [3.63, 3.8) is 0 Å². The summed E-state index contributed by atoms with van der Waals surface area (Å²) < 4.78 is 0. The van der Waals surface area contributed by atoms with E-state index in [1.165, 1.54) is 27.8 Å². The highest BCUT2D eigenvalue weighted by Gasteiger charge is 2.17. The van der Waals surface area contributed by atoms with Crippen molar-refractivity contribution in [1.29, 1.82) is 0 Å². The Balaban J connectivity index is 1.58. The fourth-order valence-electron chi connectivity index (χ4n) is 3.77. The molecule has 0 aliphatic carbocycles. The zero-order valence-electron chi connectivity index (χ0n) is 15.6. The van der Waals surface area contributed by atoms with Gasteiger partial charge >= 0.3 is 0 Å². The van der Waals surface area contributed by atoms with Crippen LogP contribution in [0, 0.1) is 20.8 Å². The van der Waals surface area contributed by atoms with Crippen molar-refractivity contribution in [2.75, 3.05) is 16.8 Å². The van der Waals surface area contributed by atoms with E-state index >= 15 is 0 Å². The van der Waals surface area contributed by atoms with Gasteiger partial charge in [-0.3, -0.25) is 0 Å². The first-order chi connectivity index (χ1) is 12.6. The van der Waals surface area contributed by atoms with Gasteiger partial charge in [0.1, 0.15) is 5.82 Å². The molecule has 0 amide bonds. The number of hydrogen-bond donors (Lipinski definition) is 1. The molecule has 0 radical (unpaired) electrons. The van der Waals surface area contributed by atoms with Crippen LogP contribution in [-0.4, -0.2) is 16.5 Å². The highest BCUT2D eigenvalue weighted by Crippen LogP contribution is 2.27. The molecule has 1 N–H and O–H groups in total. The van der Waals surface area contributed by atoms with Gasteiger partial charge in [0, 0.05) is 25.0 Å². The molecule has 1 aliphatic heterocycles. The van der Waals surface area contributed by atoms with Gasteiger partial charge in [0.05, 0.1) is 0 Å². The second-order valence-corrected chi connectivity index (χ2v) is 7.08. The highest BCUT2D eigenvalue weighted by molar-refractivity contribution is 5.64. The number of aryl methyl sites for hydroxylation is 3. The van der Waals surface area contributed by atoms with Gasteiger partial charge in [0.15, 0.2) is 0 Å². The van der Waals surface area contributed by atoms with Crippen molar-refractivity contribution in [2.45, 2.75) is 33.7 Å². The molecule has 0 fully saturated rings. The van der Waals surface area contributed by atoms with E-state index in [1.807, 2.05) is 12.3 Å². The molecular weight excluding hydrogens is 320 g/mol. The fourth-order valence-corrected chi connectivity index (χ4v) is 3.77. The molecule has 26 heavy (non-hydrogen) atoms. The van der Waals surface area contributed by atoms with Crippen molar-refractivity contribution < 1.29 is 0 Å². The molecule has 2 heterocycles.